The molecule has 0 aliphatic carbocycles. The number of likely N-dealkylation sites (tertiary alicyclic amines) is 1. The summed E-state index contributed by atoms with van der Waals surface area (Å²) in [5.74, 6) is 0.715. The summed E-state index contributed by atoms with van der Waals surface area (Å²) in [4.78, 5) is 27.3. The first-order valence-corrected chi connectivity index (χ1v) is 8.06. The zero-order valence-corrected chi connectivity index (χ0v) is 14.1. The van der Waals surface area contributed by atoms with E-state index in [1.165, 1.54) is 0 Å². The van der Waals surface area contributed by atoms with Crippen LogP contribution in [0.25, 0.3) is 0 Å². The third kappa shape index (κ3) is 4.69. The monoisotopic (exact) mass is 320 g/mol. The first kappa shape index (κ1) is 17.3. The molecular formula is C17H26N3O3+. The van der Waals surface area contributed by atoms with Crippen molar-refractivity contribution in [2.24, 2.45) is 0 Å². The fourth-order valence-corrected chi connectivity index (χ4v) is 2.73. The van der Waals surface area contributed by atoms with Crippen molar-refractivity contribution in [1.82, 2.24) is 4.90 Å². The van der Waals surface area contributed by atoms with Crippen LogP contribution in [0, 0.1) is 0 Å². The predicted molar refractivity (Wildman–Crippen MR) is 88.7 cm³/mol. The molecule has 23 heavy (non-hydrogen) atoms. The second kappa shape index (κ2) is 7.97. The van der Waals surface area contributed by atoms with Gasteiger partial charge in [-0.25, -0.2) is 0 Å². The zero-order chi connectivity index (χ0) is 16.8. The number of quaternary nitrogens is 1. The Balaban J connectivity index is 1.86. The van der Waals surface area contributed by atoms with Gasteiger partial charge in [-0.1, -0.05) is 6.07 Å². The van der Waals surface area contributed by atoms with Crippen LogP contribution in [0.2, 0.25) is 0 Å². The average Bonchev–Trinajstić information content (AvgIpc) is 3.07. The Bertz CT molecular complexity index is 556. The van der Waals surface area contributed by atoms with Crippen LogP contribution in [0.15, 0.2) is 24.3 Å². The Morgan fingerprint density at radius 1 is 1.35 bits per heavy atom. The van der Waals surface area contributed by atoms with Crippen LogP contribution in [-0.2, 0) is 9.59 Å². The van der Waals surface area contributed by atoms with Crippen molar-refractivity contribution in [3.8, 4) is 5.75 Å². The van der Waals surface area contributed by atoms with Gasteiger partial charge in [0, 0.05) is 24.8 Å². The largest absolute Gasteiger partial charge is 0.497 e. The number of likely N-dealkylation sites (N-methyl/N-ethyl adjacent to an activating group) is 1. The lowest BCUT2D eigenvalue weighted by molar-refractivity contribution is -0.886. The van der Waals surface area contributed by atoms with Crippen molar-refractivity contribution >= 4 is 17.5 Å². The number of carbonyl (C=O) groups excluding carboxylic acids is 2. The number of nitrogens with zero attached hydrogens (tertiary/aromatic N) is 1. The van der Waals surface area contributed by atoms with Gasteiger partial charge in [0.05, 0.1) is 14.2 Å². The van der Waals surface area contributed by atoms with E-state index >= 15 is 0 Å². The quantitative estimate of drug-likeness (QED) is 0.785. The molecule has 2 rings (SSSR count). The molecule has 1 saturated heterocycles. The highest BCUT2D eigenvalue weighted by Crippen LogP contribution is 2.16. The molecule has 1 unspecified atom stereocenters. The van der Waals surface area contributed by atoms with Crippen molar-refractivity contribution in [3.05, 3.63) is 24.3 Å². The molecule has 1 aromatic carbocycles. The molecule has 126 valence electrons. The van der Waals surface area contributed by atoms with Gasteiger partial charge in [-0.3, -0.25) is 9.59 Å². The van der Waals surface area contributed by atoms with E-state index in [9.17, 15) is 9.59 Å². The molecule has 1 aromatic rings. The summed E-state index contributed by atoms with van der Waals surface area (Å²) in [6.45, 7) is 3.81. The summed E-state index contributed by atoms with van der Waals surface area (Å²) in [6, 6.07) is 7.01. The molecule has 0 bridgehead atoms. The van der Waals surface area contributed by atoms with Crippen LogP contribution in [0.1, 0.15) is 19.8 Å². The van der Waals surface area contributed by atoms with Gasteiger partial charge in [0.2, 0.25) is 0 Å². The van der Waals surface area contributed by atoms with Gasteiger partial charge in [0.1, 0.15) is 5.75 Å². The second-order valence-electron chi connectivity index (χ2n) is 6.06. The molecule has 2 atom stereocenters. The number of carbonyl (C=O) groups is 2. The number of ether oxygens (including phenoxy) is 1. The van der Waals surface area contributed by atoms with Crippen LogP contribution >= 0.6 is 0 Å². The number of anilines is 1. The molecule has 2 N–H and O–H groups in total. The maximum atomic E-state index is 12.4. The van der Waals surface area contributed by atoms with Gasteiger partial charge in [-0.15, -0.1) is 0 Å². The number of nitrogens with one attached hydrogen (secondary N) is 2. The number of amides is 2. The maximum absolute atomic E-state index is 12.4. The van der Waals surface area contributed by atoms with Gasteiger partial charge in [0.25, 0.3) is 11.8 Å². The molecule has 0 saturated carbocycles. The topological polar surface area (TPSA) is 63.1 Å². The van der Waals surface area contributed by atoms with E-state index in [-0.39, 0.29) is 24.4 Å². The predicted octanol–water partition coefficient (Wildman–Crippen LogP) is 0.159. The summed E-state index contributed by atoms with van der Waals surface area (Å²) >= 11 is 0. The van der Waals surface area contributed by atoms with E-state index in [0.717, 1.165) is 30.8 Å². The van der Waals surface area contributed by atoms with Gasteiger partial charge in [-0.2, -0.15) is 0 Å². The average molecular weight is 320 g/mol. The van der Waals surface area contributed by atoms with E-state index in [1.54, 1.807) is 13.2 Å². The Labute approximate surface area is 137 Å². The molecule has 2 amide bonds. The van der Waals surface area contributed by atoms with E-state index in [4.69, 9.17) is 4.74 Å². The Hall–Kier alpha value is -2.08. The van der Waals surface area contributed by atoms with Gasteiger partial charge in [-0.05, 0) is 31.9 Å². The third-order valence-corrected chi connectivity index (χ3v) is 4.32. The van der Waals surface area contributed by atoms with Crippen LogP contribution in [0.4, 0.5) is 5.69 Å². The standard InChI is InChI=1S/C17H25N3O3/c1-13(17(22)20-9-4-5-10-20)19(2)12-16(21)18-14-7-6-8-15(11-14)23-3/h6-8,11,13H,4-5,9-10,12H2,1-3H3,(H,18,21)/p+1/t13-/m1/s1. The van der Waals surface area contributed by atoms with Crippen molar-refractivity contribution in [2.75, 3.05) is 39.1 Å². The minimum absolute atomic E-state index is 0.114. The van der Waals surface area contributed by atoms with Crippen molar-refractivity contribution in [3.63, 3.8) is 0 Å². The number of methoxy groups -OCH3 is 1. The smallest absolute Gasteiger partial charge is 0.280 e. The highest BCUT2D eigenvalue weighted by atomic mass is 16.5. The van der Waals surface area contributed by atoms with Crippen molar-refractivity contribution in [2.45, 2.75) is 25.8 Å². The molecule has 1 aliphatic rings. The first-order valence-electron chi connectivity index (χ1n) is 8.06. The molecule has 0 spiro atoms. The van der Waals surface area contributed by atoms with E-state index in [1.807, 2.05) is 37.1 Å². The van der Waals surface area contributed by atoms with Crippen LogP contribution in [-0.4, -0.2) is 56.5 Å². The fraction of sp³-hybridized carbons (Fsp3) is 0.529. The highest BCUT2D eigenvalue weighted by Gasteiger charge is 2.29. The number of rotatable bonds is 6. The Morgan fingerprint density at radius 3 is 2.70 bits per heavy atom. The fourth-order valence-electron chi connectivity index (χ4n) is 2.73. The summed E-state index contributed by atoms with van der Waals surface area (Å²) in [7, 11) is 3.47. The van der Waals surface area contributed by atoms with Crippen molar-refractivity contribution in [1.29, 1.82) is 0 Å². The molecule has 1 heterocycles. The maximum Gasteiger partial charge on any atom is 0.280 e. The number of hydrogen-bond donors (Lipinski definition) is 2. The lowest BCUT2D eigenvalue weighted by atomic mass is 10.2. The summed E-state index contributed by atoms with van der Waals surface area (Å²) in [5, 5.41) is 2.85. The zero-order valence-electron chi connectivity index (χ0n) is 14.1. The van der Waals surface area contributed by atoms with Crippen LogP contribution in [0.3, 0.4) is 0 Å². The third-order valence-electron chi connectivity index (χ3n) is 4.32. The molecule has 6 nitrogen and oxygen atoms in total. The molecule has 0 radical (unpaired) electrons. The molecular weight excluding hydrogens is 294 g/mol. The summed E-state index contributed by atoms with van der Waals surface area (Å²) in [6.07, 6.45) is 2.15. The van der Waals surface area contributed by atoms with Gasteiger partial charge in [0.15, 0.2) is 12.6 Å². The van der Waals surface area contributed by atoms with E-state index in [2.05, 4.69) is 5.32 Å². The van der Waals surface area contributed by atoms with E-state index in [0.29, 0.717) is 11.4 Å². The number of benzene rings is 1. The van der Waals surface area contributed by atoms with Crippen LogP contribution in [0.5, 0.6) is 5.75 Å². The van der Waals surface area contributed by atoms with Crippen LogP contribution < -0.4 is 15.0 Å². The Morgan fingerprint density at radius 2 is 2.04 bits per heavy atom. The molecule has 1 fully saturated rings. The minimum Gasteiger partial charge on any atom is -0.497 e. The highest BCUT2D eigenvalue weighted by molar-refractivity contribution is 5.91. The number of hydrogen-bond acceptors (Lipinski definition) is 3. The Kier molecular flexibility index (Phi) is 5.98. The van der Waals surface area contributed by atoms with Gasteiger partial charge < -0.3 is 19.9 Å². The normalized spacial score (nSPS) is 16.7. The molecule has 1 aliphatic heterocycles. The molecule has 0 aromatic heterocycles. The second-order valence-corrected chi connectivity index (χ2v) is 6.06. The molecule has 6 heteroatoms. The lowest BCUT2D eigenvalue weighted by Crippen LogP contribution is -3.15. The van der Waals surface area contributed by atoms with Gasteiger partial charge >= 0.3 is 0 Å². The SMILES string of the molecule is COc1cccc(NC(=O)C[NH+](C)[C@H](C)C(=O)N2CCCC2)c1. The first-order chi connectivity index (χ1) is 11.0. The van der Waals surface area contributed by atoms with Crippen molar-refractivity contribution < 1.29 is 19.2 Å². The minimum atomic E-state index is -0.218. The lowest BCUT2D eigenvalue weighted by Gasteiger charge is -2.25. The summed E-state index contributed by atoms with van der Waals surface area (Å²) in [5.41, 5.74) is 0.695. The summed E-state index contributed by atoms with van der Waals surface area (Å²) < 4.78 is 5.14. The van der Waals surface area contributed by atoms with E-state index < -0.39 is 0 Å².